The molecule has 1 aromatic rings. The van der Waals surface area contributed by atoms with Gasteiger partial charge in [0, 0.05) is 31.7 Å². The number of rotatable bonds is 12. The maximum atomic E-state index is 12.3. The van der Waals surface area contributed by atoms with E-state index in [1.54, 1.807) is 0 Å². The molecule has 0 aliphatic carbocycles. The number of carbonyl (C=O) groups is 1. The number of hydrogen-bond acceptors (Lipinski definition) is 3. The minimum Gasteiger partial charge on any atom is -0.357 e. The van der Waals surface area contributed by atoms with Crippen LogP contribution in [0.2, 0.25) is 0 Å². The number of likely N-dealkylation sites (N-methyl/N-ethyl adjacent to an activating group) is 1. The number of nitrogens with zero attached hydrogens (tertiary/aromatic N) is 2. The average Bonchev–Trinajstić information content (AvgIpc) is 2.65. The van der Waals surface area contributed by atoms with Gasteiger partial charge < -0.3 is 20.9 Å². The van der Waals surface area contributed by atoms with E-state index in [1.807, 2.05) is 43.3 Å². The van der Waals surface area contributed by atoms with Crippen LogP contribution in [-0.4, -0.2) is 57.0 Å². The molecule has 0 bridgehead atoms. The summed E-state index contributed by atoms with van der Waals surface area (Å²) in [6, 6.07) is 7.68. The molecule has 0 saturated heterocycles. The van der Waals surface area contributed by atoms with Gasteiger partial charge in [-0.3, -0.25) is 4.79 Å². The van der Waals surface area contributed by atoms with Crippen LogP contribution in [-0.2, 0) is 6.54 Å². The lowest BCUT2D eigenvalue weighted by atomic mass is 10.1. The monoisotopic (exact) mass is 517 g/mol. The van der Waals surface area contributed by atoms with Gasteiger partial charge in [-0.15, -0.1) is 24.0 Å². The molecule has 0 unspecified atom stereocenters. The van der Waals surface area contributed by atoms with E-state index in [4.69, 9.17) is 0 Å². The van der Waals surface area contributed by atoms with Gasteiger partial charge in [0.1, 0.15) is 0 Å². The number of hydrogen-bond donors (Lipinski definition) is 3. The van der Waals surface area contributed by atoms with E-state index in [0.717, 1.165) is 43.5 Å². The molecule has 1 rings (SSSR count). The number of unbranched alkanes of at least 4 members (excludes halogenated alkanes) is 1. The second-order valence-corrected chi connectivity index (χ2v) is 7.77. The van der Waals surface area contributed by atoms with Crippen LogP contribution in [0.3, 0.4) is 0 Å². The molecule has 6 nitrogen and oxygen atoms in total. The Hall–Kier alpha value is -1.35. The molecule has 1 aromatic carbocycles. The first-order valence-electron chi connectivity index (χ1n) is 10.5. The van der Waals surface area contributed by atoms with E-state index < -0.39 is 0 Å². The Bertz CT molecular complexity index is 605. The molecule has 0 aliphatic rings. The Kier molecular flexibility index (Phi) is 15.7. The minimum atomic E-state index is -0.0390. The summed E-state index contributed by atoms with van der Waals surface area (Å²) in [6.45, 7) is 10.3. The minimum absolute atomic E-state index is 0. The standard InChI is InChI=1S/C22H39N5O.HI/c1-6-23-22(25-13-8-7-10-18(2)3)26-17-19-11-9-12-20(16-19)21(28)24-14-15-27(4)5;/h9,11-12,16,18H,6-8,10,13-15,17H2,1-5H3,(H,24,28)(H2,23,25,26);1H. The molecule has 0 fully saturated rings. The maximum Gasteiger partial charge on any atom is 0.251 e. The molecule has 166 valence electrons. The zero-order chi connectivity index (χ0) is 20.8. The SMILES string of the molecule is CCNC(=NCc1cccc(C(=O)NCCN(C)C)c1)NCCCCC(C)C.I. The lowest BCUT2D eigenvalue weighted by Crippen LogP contribution is -2.37. The van der Waals surface area contributed by atoms with Crippen molar-refractivity contribution in [2.24, 2.45) is 10.9 Å². The van der Waals surface area contributed by atoms with Gasteiger partial charge in [-0.25, -0.2) is 4.99 Å². The van der Waals surface area contributed by atoms with Crippen molar-refractivity contribution >= 4 is 35.8 Å². The van der Waals surface area contributed by atoms with Crippen LogP contribution in [0.4, 0.5) is 0 Å². The first-order valence-corrected chi connectivity index (χ1v) is 10.5. The van der Waals surface area contributed by atoms with Crippen LogP contribution >= 0.6 is 24.0 Å². The number of guanidine groups is 1. The summed E-state index contributed by atoms with van der Waals surface area (Å²) in [6.07, 6.45) is 3.64. The first-order chi connectivity index (χ1) is 13.4. The summed E-state index contributed by atoms with van der Waals surface area (Å²) >= 11 is 0. The predicted octanol–water partition coefficient (Wildman–Crippen LogP) is 3.48. The van der Waals surface area contributed by atoms with Gasteiger partial charge in [-0.2, -0.15) is 0 Å². The summed E-state index contributed by atoms with van der Waals surface area (Å²) in [5, 5.41) is 9.63. The lowest BCUT2D eigenvalue weighted by molar-refractivity contribution is 0.0951. The van der Waals surface area contributed by atoms with E-state index in [9.17, 15) is 4.79 Å². The zero-order valence-electron chi connectivity index (χ0n) is 18.8. The molecule has 0 heterocycles. The summed E-state index contributed by atoms with van der Waals surface area (Å²) in [4.78, 5) is 19.0. The molecule has 0 atom stereocenters. The molecule has 0 aromatic heterocycles. The largest absolute Gasteiger partial charge is 0.357 e. The molecule has 0 radical (unpaired) electrons. The van der Waals surface area contributed by atoms with Crippen LogP contribution in [0.15, 0.2) is 29.3 Å². The van der Waals surface area contributed by atoms with E-state index in [0.29, 0.717) is 18.7 Å². The Morgan fingerprint density at radius 3 is 2.52 bits per heavy atom. The van der Waals surface area contributed by atoms with Crippen molar-refractivity contribution in [3.8, 4) is 0 Å². The van der Waals surface area contributed by atoms with Crippen LogP contribution in [0.5, 0.6) is 0 Å². The Morgan fingerprint density at radius 2 is 1.86 bits per heavy atom. The van der Waals surface area contributed by atoms with Crippen LogP contribution in [0.1, 0.15) is 56.0 Å². The Balaban J connectivity index is 0.00000784. The van der Waals surface area contributed by atoms with Gasteiger partial charge in [0.05, 0.1) is 6.54 Å². The lowest BCUT2D eigenvalue weighted by Gasteiger charge is -2.12. The van der Waals surface area contributed by atoms with Crippen molar-refractivity contribution in [2.45, 2.75) is 46.6 Å². The third kappa shape index (κ3) is 13.5. The molecular weight excluding hydrogens is 477 g/mol. The molecule has 0 spiro atoms. The summed E-state index contributed by atoms with van der Waals surface area (Å²) in [5.41, 5.74) is 1.70. The smallest absolute Gasteiger partial charge is 0.251 e. The summed E-state index contributed by atoms with van der Waals surface area (Å²) in [5.74, 6) is 1.55. The molecular formula is C22H40IN5O. The summed E-state index contributed by atoms with van der Waals surface area (Å²) < 4.78 is 0. The predicted molar refractivity (Wildman–Crippen MR) is 134 cm³/mol. The fourth-order valence-electron chi connectivity index (χ4n) is 2.70. The number of nitrogens with one attached hydrogen (secondary N) is 3. The van der Waals surface area contributed by atoms with E-state index in [-0.39, 0.29) is 29.9 Å². The second-order valence-electron chi connectivity index (χ2n) is 7.77. The summed E-state index contributed by atoms with van der Waals surface area (Å²) in [7, 11) is 3.98. The van der Waals surface area contributed by atoms with E-state index >= 15 is 0 Å². The van der Waals surface area contributed by atoms with Crippen LogP contribution in [0, 0.1) is 5.92 Å². The van der Waals surface area contributed by atoms with Crippen molar-refractivity contribution < 1.29 is 4.79 Å². The normalized spacial score (nSPS) is 11.3. The highest BCUT2D eigenvalue weighted by Gasteiger charge is 2.06. The second kappa shape index (κ2) is 16.4. The first kappa shape index (κ1) is 27.6. The molecule has 3 N–H and O–H groups in total. The fraction of sp³-hybridized carbons (Fsp3) is 0.636. The molecule has 0 aliphatic heterocycles. The number of aliphatic imine (C=N–C) groups is 1. The van der Waals surface area contributed by atoms with Gasteiger partial charge in [0.2, 0.25) is 0 Å². The number of benzene rings is 1. The highest BCUT2D eigenvalue weighted by molar-refractivity contribution is 14.0. The molecule has 1 amide bonds. The number of halogens is 1. The Morgan fingerprint density at radius 1 is 1.10 bits per heavy atom. The van der Waals surface area contributed by atoms with Gasteiger partial charge >= 0.3 is 0 Å². The van der Waals surface area contributed by atoms with Crippen molar-refractivity contribution in [1.82, 2.24) is 20.9 Å². The van der Waals surface area contributed by atoms with E-state index in [2.05, 4.69) is 41.7 Å². The van der Waals surface area contributed by atoms with E-state index in [1.165, 1.54) is 12.8 Å². The maximum absolute atomic E-state index is 12.3. The quantitative estimate of drug-likeness (QED) is 0.172. The molecule has 29 heavy (non-hydrogen) atoms. The highest BCUT2D eigenvalue weighted by Crippen LogP contribution is 2.07. The third-order valence-electron chi connectivity index (χ3n) is 4.30. The van der Waals surface area contributed by atoms with Gasteiger partial charge in [-0.1, -0.05) is 38.8 Å². The zero-order valence-corrected chi connectivity index (χ0v) is 21.1. The average molecular weight is 518 g/mol. The number of carbonyl (C=O) groups excluding carboxylic acids is 1. The number of amides is 1. The molecule has 7 heteroatoms. The van der Waals surface area contributed by atoms with Crippen molar-refractivity contribution in [3.63, 3.8) is 0 Å². The van der Waals surface area contributed by atoms with Gasteiger partial charge in [0.25, 0.3) is 5.91 Å². The fourth-order valence-corrected chi connectivity index (χ4v) is 2.70. The third-order valence-corrected chi connectivity index (χ3v) is 4.30. The Labute approximate surface area is 194 Å². The van der Waals surface area contributed by atoms with Crippen LogP contribution < -0.4 is 16.0 Å². The van der Waals surface area contributed by atoms with Gasteiger partial charge in [0.15, 0.2) is 5.96 Å². The van der Waals surface area contributed by atoms with Crippen molar-refractivity contribution in [2.75, 3.05) is 40.3 Å². The van der Waals surface area contributed by atoms with Gasteiger partial charge in [-0.05, 0) is 51.1 Å². The topological polar surface area (TPSA) is 68.8 Å². The molecule has 0 saturated carbocycles. The van der Waals surface area contributed by atoms with Crippen molar-refractivity contribution in [3.05, 3.63) is 35.4 Å². The van der Waals surface area contributed by atoms with Crippen LogP contribution in [0.25, 0.3) is 0 Å². The van der Waals surface area contributed by atoms with Crippen molar-refractivity contribution in [1.29, 1.82) is 0 Å². The highest BCUT2D eigenvalue weighted by atomic mass is 127.